The van der Waals surface area contributed by atoms with Crippen LogP contribution in [0.5, 0.6) is 0 Å². The van der Waals surface area contributed by atoms with E-state index >= 15 is 0 Å². The summed E-state index contributed by atoms with van der Waals surface area (Å²) in [4.78, 5) is 11.1. The van der Waals surface area contributed by atoms with Crippen molar-refractivity contribution in [1.82, 2.24) is 9.78 Å². The van der Waals surface area contributed by atoms with E-state index in [1.807, 2.05) is 0 Å². The van der Waals surface area contributed by atoms with Crippen molar-refractivity contribution in [2.75, 3.05) is 0 Å². The van der Waals surface area contributed by atoms with Crippen molar-refractivity contribution in [3.05, 3.63) is 46.5 Å². The zero-order valence-electron chi connectivity index (χ0n) is 10.2. The van der Waals surface area contributed by atoms with Gasteiger partial charge < -0.3 is 5.11 Å². The summed E-state index contributed by atoms with van der Waals surface area (Å²) in [7, 11) is 0. The Bertz CT molecular complexity index is 725. The molecule has 0 aliphatic heterocycles. The van der Waals surface area contributed by atoms with Crippen LogP contribution in [0.2, 0.25) is 0 Å². The number of fused-ring (bicyclic) bond motifs is 1. The first-order chi connectivity index (χ1) is 9.49. The molecule has 20 heavy (non-hydrogen) atoms. The SMILES string of the molecule is O=C(O)c1nn(-c2cc(F)cc(F)c2F)c2c1CCC2. The third kappa shape index (κ3) is 1.77. The second-order valence-corrected chi connectivity index (χ2v) is 4.57. The van der Waals surface area contributed by atoms with Crippen molar-refractivity contribution in [3.8, 4) is 5.69 Å². The third-order valence-corrected chi connectivity index (χ3v) is 3.33. The summed E-state index contributed by atoms with van der Waals surface area (Å²) in [6.45, 7) is 0. The first-order valence-corrected chi connectivity index (χ1v) is 5.98. The Morgan fingerprint density at radius 3 is 2.70 bits per heavy atom. The number of carboxylic acid groups (broad SMARTS) is 1. The highest BCUT2D eigenvalue weighted by Crippen LogP contribution is 2.29. The van der Waals surface area contributed by atoms with E-state index < -0.39 is 29.1 Å². The number of halogens is 3. The highest BCUT2D eigenvalue weighted by Gasteiger charge is 2.28. The van der Waals surface area contributed by atoms with Crippen molar-refractivity contribution < 1.29 is 23.1 Å². The molecular weight excluding hydrogens is 273 g/mol. The minimum Gasteiger partial charge on any atom is -0.476 e. The second-order valence-electron chi connectivity index (χ2n) is 4.57. The van der Waals surface area contributed by atoms with E-state index in [0.717, 1.165) is 10.7 Å². The molecule has 0 unspecified atom stereocenters. The summed E-state index contributed by atoms with van der Waals surface area (Å²) in [6.07, 6.45) is 1.70. The molecule has 0 saturated heterocycles. The highest BCUT2D eigenvalue weighted by atomic mass is 19.2. The Kier molecular flexibility index (Phi) is 2.77. The lowest BCUT2D eigenvalue weighted by molar-refractivity contribution is 0.0689. The minimum absolute atomic E-state index is 0.193. The van der Waals surface area contributed by atoms with E-state index in [1.54, 1.807) is 0 Å². The van der Waals surface area contributed by atoms with Crippen molar-refractivity contribution in [2.45, 2.75) is 19.3 Å². The van der Waals surface area contributed by atoms with E-state index in [-0.39, 0.29) is 5.69 Å². The van der Waals surface area contributed by atoms with Crippen LogP contribution < -0.4 is 0 Å². The quantitative estimate of drug-likeness (QED) is 0.861. The predicted octanol–water partition coefficient (Wildman–Crippen LogP) is 2.48. The normalized spacial score (nSPS) is 13.6. The van der Waals surface area contributed by atoms with Gasteiger partial charge in [0, 0.05) is 23.4 Å². The number of aromatic carboxylic acids is 1. The average molecular weight is 282 g/mol. The van der Waals surface area contributed by atoms with Gasteiger partial charge in [0.2, 0.25) is 0 Å². The fourth-order valence-electron chi connectivity index (χ4n) is 2.50. The van der Waals surface area contributed by atoms with Crippen molar-refractivity contribution in [1.29, 1.82) is 0 Å². The van der Waals surface area contributed by atoms with E-state index in [2.05, 4.69) is 5.10 Å². The minimum atomic E-state index is -1.33. The number of nitrogens with zero attached hydrogens (tertiary/aromatic N) is 2. The first kappa shape index (κ1) is 12.7. The molecular formula is C13H9F3N2O2. The smallest absolute Gasteiger partial charge is 0.356 e. The monoisotopic (exact) mass is 282 g/mol. The van der Waals surface area contributed by atoms with Crippen LogP contribution in [0.4, 0.5) is 13.2 Å². The number of hydrogen-bond acceptors (Lipinski definition) is 2. The molecule has 1 N–H and O–H groups in total. The molecule has 4 nitrogen and oxygen atoms in total. The summed E-state index contributed by atoms with van der Waals surface area (Å²) in [5.41, 5.74) is 0.391. The van der Waals surface area contributed by atoms with Gasteiger partial charge in [-0.05, 0) is 19.3 Å². The lowest BCUT2D eigenvalue weighted by atomic mass is 10.2. The first-order valence-electron chi connectivity index (χ1n) is 5.98. The molecule has 0 amide bonds. The predicted molar refractivity (Wildman–Crippen MR) is 62.4 cm³/mol. The van der Waals surface area contributed by atoms with Crippen LogP contribution >= 0.6 is 0 Å². The Labute approximate surface area is 111 Å². The van der Waals surface area contributed by atoms with Crippen molar-refractivity contribution >= 4 is 5.97 Å². The number of carbonyl (C=O) groups is 1. The van der Waals surface area contributed by atoms with Gasteiger partial charge in [-0.25, -0.2) is 22.6 Å². The number of aromatic nitrogens is 2. The van der Waals surface area contributed by atoms with Crippen LogP contribution in [0.15, 0.2) is 12.1 Å². The van der Waals surface area contributed by atoms with E-state index in [4.69, 9.17) is 5.11 Å². The van der Waals surface area contributed by atoms with Crippen LogP contribution in [0, 0.1) is 17.5 Å². The largest absolute Gasteiger partial charge is 0.476 e. The van der Waals surface area contributed by atoms with Gasteiger partial charge in [-0.3, -0.25) is 0 Å². The van der Waals surface area contributed by atoms with Gasteiger partial charge >= 0.3 is 5.97 Å². The molecule has 2 aromatic rings. The third-order valence-electron chi connectivity index (χ3n) is 3.33. The van der Waals surface area contributed by atoms with Gasteiger partial charge in [0.1, 0.15) is 11.5 Å². The summed E-state index contributed by atoms with van der Waals surface area (Å²) < 4.78 is 41.3. The maximum absolute atomic E-state index is 13.8. The summed E-state index contributed by atoms with van der Waals surface area (Å²) in [6, 6.07) is 1.23. The maximum atomic E-state index is 13.8. The standard InChI is InChI=1S/C13H9F3N2O2/c14-6-4-8(15)11(16)10(5-6)18-9-3-1-2-7(9)12(17-18)13(19)20/h4-5H,1-3H2,(H,19,20). The van der Waals surface area contributed by atoms with Crippen molar-refractivity contribution in [2.24, 2.45) is 0 Å². The zero-order chi connectivity index (χ0) is 14.4. The Morgan fingerprint density at radius 2 is 2.00 bits per heavy atom. The molecule has 1 aromatic heterocycles. The molecule has 1 aliphatic rings. The highest BCUT2D eigenvalue weighted by molar-refractivity contribution is 5.87. The molecule has 3 rings (SSSR count). The zero-order valence-corrected chi connectivity index (χ0v) is 10.2. The lowest BCUT2D eigenvalue weighted by Crippen LogP contribution is -2.08. The van der Waals surface area contributed by atoms with E-state index in [9.17, 15) is 18.0 Å². The van der Waals surface area contributed by atoms with Crippen LogP contribution in [0.25, 0.3) is 5.69 Å². The molecule has 1 heterocycles. The number of benzene rings is 1. The second kappa shape index (κ2) is 4.36. The number of hydrogen-bond donors (Lipinski definition) is 1. The van der Waals surface area contributed by atoms with Gasteiger partial charge in [0.15, 0.2) is 17.3 Å². The number of carboxylic acids is 1. The van der Waals surface area contributed by atoms with Crippen LogP contribution in [-0.2, 0) is 12.8 Å². The van der Waals surface area contributed by atoms with Crippen LogP contribution in [0.3, 0.4) is 0 Å². The van der Waals surface area contributed by atoms with Gasteiger partial charge in [-0.15, -0.1) is 0 Å². The summed E-state index contributed by atoms with van der Waals surface area (Å²) in [5.74, 6) is -4.77. The van der Waals surface area contributed by atoms with Gasteiger partial charge in [0.25, 0.3) is 0 Å². The molecule has 0 atom stereocenters. The molecule has 7 heteroatoms. The Hall–Kier alpha value is -2.31. The fraction of sp³-hybridized carbons (Fsp3) is 0.231. The number of rotatable bonds is 2. The molecule has 1 aliphatic carbocycles. The van der Waals surface area contributed by atoms with Gasteiger partial charge in [-0.2, -0.15) is 5.10 Å². The molecule has 0 fully saturated rings. The summed E-state index contributed by atoms with van der Waals surface area (Å²) >= 11 is 0. The summed E-state index contributed by atoms with van der Waals surface area (Å²) in [5, 5.41) is 12.9. The van der Waals surface area contributed by atoms with E-state index in [1.165, 1.54) is 0 Å². The average Bonchev–Trinajstić information content (AvgIpc) is 2.94. The van der Waals surface area contributed by atoms with E-state index in [0.29, 0.717) is 36.6 Å². The molecule has 0 spiro atoms. The van der Waals surface area contributed by atoms with Gasteiger partial charge in [-0.1, -0.05) is 0 Å². The van der Waals surface area contributed by atoms with Crippen molar-refractivity contribution in [3.63, 3.8) is 0 Å². The molecule has 1 aromatic carbocycles. The lowest BCUT2D eigenvalue weighted by Gasteiger charge is -2.07. The molecule has 0 bridgehead atoms. The molecule has 104 valence electrons. The fourth-order valence-corrected chi connectivity index (χ4v) is 2.50. The van der Waals surface area contributed by atoms with Crippen LogP contribution in [0.1, 0.15) is 28.2 Å². The Morgan fingerprint density at radius 1 is 1.25 bits per heavy atom. The van der Waals surface area contributed by atoms with Gasteiger partial charge in [0.05, 0.1) is 0 Å². The molecule has 0 radical (unpaired) electrons. The Balaban J connectivity index is 2.26. The maximum Gasteiger partial charge on any atom is 0.356 e. The molecule has 0 saturated carbocycles. The topological polar surface area (TPSA) is 55.1 Å². The van der Waals surface area contributed by atoms with Crippen LogP contribution in [-0.4, -0.2) is 20.9 Å².